The number of nitrogens with zero attached hydrogens (tertiary/aromatic N) is 1. The number of ether oxygens (including phenoxy) is 1. The summed E-state index contributed by atoms with van der Waals surface area (Å²) in [6.45, 7) is 2.95. The maximum atomic E-state index is 11.7. The number of hydrogen-bond donors (Lipinski definition) is 2. The Kier molecular flexibility index (Phi) is 7.43. The molecule has 0 aromatic carbocycles. The van der Waals surface area contributed by atoms with Gasteiger partial charge in [-0.15, -0.1) is 0 Å². The summed E-state index contributed by atoms with van der Waals surface area (Å²) in [6, 6.07) is 0.439. The van der Waals surface area contributed by atoms with Crippen molar-refractivity contribution in [2.24, 2.45) is 0 Å². The molecule has 6 heteroatoms. The SMILES string of the molecule is COC(=O)CCCNC(=O)CN(C)C1CCCNC1. The van der Waals surface area contributed by atoms with E-state index < -0.39 is 0 Å². The molecule has 1 heterocycles. The van der Waals surface area contributed by atoms with E-state index in [0.717, 1.165) is 25.9 Å². The van der Waals surface area contributed by atoms with Crippen molar-refractivity contribution in [3.05, 3.63) is 0 Å². The van der Waals surface area contributed by atoms with Crippen LogP contribution in [0.3, 0.4) is 0 Å². The Morgan fingerprint density at radius 3 is 2.89 bits per heavy atom. The molecular weight excluding hydrogens is 246 g/mol. The van der Waals surface area contributed by atoms with Gasteiger partial charge in [-0.05, 0) is 32.9 Å². The van der Waals surface area contributed by atoms with Gasteiger partial charge in [0.15, 0.2) is 0 Å². The Bertz CT molecular complexity index is 291. The number of esters is 1. The normalized spacial score (nSPS) is 19.2. The summed E-state index contributed by atoms with van der Waals surface area (Å²) >= 11 is 0. The van der Waals surface area contributed by atoms with Crippen LogP contribution in [0.15, 0.2) is 0 Å². The van der Waals surface area contributed by atoms with Crippen LogP contribution in [0.5, 0.6) is 0 Å². The zero-order chi connectivity index (χ0) is 14.1. The fourth-order valence-corrected chi connectivity index (χ4v) is 2.18. The summed E-state index contributed by atoms with van der Waals surface area (Å²) in [5, 5.41) is 6.16. The lowest BCUT2D eigenvalue weighted by atomic mass is 10.1. The second kappa shape index (κ2) is 8.87. The molecule has 0 aromatic heterocycles. The molecule has 110 valence electrons. The van der Waals surface area contributed by atoms with Crippen LogP contribution >= 0.6 is 0 Å². The van der Waals surface area contributed by atoms with Crippen molar-refractivity contribution < 1.29 is 14.3 Å². The van der Waals surface area contributed by atoms with Crippen LogP contribution in [0.4, 0.5) is 0 Å². The third kappa shape index (κ3) is 6.54. The zero-order valence-corrected chi connectivity index (χ0v) is 11.9. The smallest absolute Gasteiger partial charge is 0.305 e. The van der Waals surface area contributed by atoms with E-state index in [1.807, 2.05) is 7.05 Å². The number of carbonyl (C=O) groups excluding carboxylic acids is 2. The van der Waals surface area contributed by atoms with E-state index in [9.17, 15) is 9.59 Å². The molecule has 1 rings (SSSR count). The number of hydrogen-bond acceptors (Lipinski definition) is 5. The Hall–Kier alpha value is -1.14. The lowest BCUT2D eigenvalue weighted by molar-refractivity contribution is -0.140. The van der Waals surface area contributed by atoms with Gasteiger partial charge in [0.25, 0.3) is 0 Å². The molecule has 0 spiro atoms. The minimum absolute atomic E-state index is 0.0120. The van der Waals surface area contributed by atoms with Gasteiger partial charge in [-0.25, -0.2) is 0 Å². The average Bonchev–Trinajstić information content (AvgIpc) is 2.44. The van der Waals surface area contributed by atoms with Gasteiger partial charge in [-0.1, -0.05) is 0 Å². The summed E-state index contributed by atoms with van der Waals surface area (Å²) < 4.78 is 4.53. The first-order valence-corrected chi connectivity index (χ1v) is 6.88. The van der Waals surface area contributed by atoms with Gasteiger partial charge in [-0.3, -0.25) is 14.5 Å². The fraction of sp³-hybridized carbons (Fsp3) is 0.846. The van der Waals surface area contributed by atoms with E-state index in [-0.39, 0.29) is 11.9 Å². The van der Waals surface area contributed by atoms with Crippen molar-refractivity contribution >= 4 is 11.9 Å². The largest absolute Gasteiger partial charge is 0.469 e. The molecule has 1 atom stereocenters. The Morgan fingerprint density at radius 2 is 2.26 bits per heavy atom. The molecule has 1 saturated heterocycles. The maximum absolute atomic E-state index is 11.7. The van der Waals surface area contributed by atoms with Gasteiger partial charge >= 0.3 is 5.97 Å². The van der Waals surface area contributed by atoms with Gasteiger partial charge in [0, 0.05) is 25.6 Å². The maximum Gasteiger partial charge on any atom is 0.305 e. The quantitative estimate of drug-likeness (QED) is 0.493. The second-order valence-electron chi connectivity index (χ2n) is 4.94. The summed E-state index contributed by atoms with van der Waals surface area (Å²) in [7, 11) is 3.35. The highest BCUT2D eigenvalue weighted by Gasteiger charge is 2.19. The van der Waals surface area contributed by atoms with E-state index in [1.54, 1.807) is 0 Å². The highest BCUT2D eigenvalue weighted by molar-refractivity contribution is 5.78. The number of methoxy groups -OCH3 is 1. The summed E-state index contributed by atoms with van der Waals surface area (Å²) in [5.41, 5.74) is 0. The lowest BCUT2D eigenvalue weighted by Gasteiger charge is -2.31. The van der Waals surface area contributed by atoms with Gasteiger partial charge in [-0.2, -0.15) is 0 Å². The van der Waals surface area contributed by atoms with Crippen LogP contribution in [-0.2, 0) is 14.3 Å². The monoisotopic (exact) mass is 271 g/mol. The number of piperidine rings is 1. The van der Waals surface area contributed by atoms with Gasteiger partial charge in [0.2, 0.25) is 5.91 Å². The molecule has 0 bridgehead atoms. The highest BCUT2D eigenvalue weighted by atomic mass is 16.5. The van der Waals surface area contributed by atoms with Gasteiger partial charge in [0.05, 0.1) is 13.7 Å². The van der Waals surface area contributed by atoms with E-state index in [0.29, 0.717) is 32.0 Å². The highest BCUT2D eigenvalue weighted by Crippen LogP contribution is 2.07. The zero-order valence-electron chi connectivity index (χ0n) is 11.9. The first-order chi connectivity index (χ1) is 9.13. The lowest BCUT2D eigenvalue weighted by Crippen LogP contribution is -2.47. The van der Waals surface area contributed by atoms with Crippen molar-refractivity contribution in [2.75, 3.05) is 40.3 Å². The number of amides is 1. The summed E-state index contributed by atoms with van der Waals surface area (Å²) in [6.07, 6.45) is 3.27. The minimum atomic E-state index is -0.236. The molecule has 1 amide bonds. The number of rotatable bonds is 7. The van der Waals surface area contributed by atoms with Crippen molar-refractivity contribution in [3.8, 4) is 0 Å². The molecule has 1 fully saturated rings. The molecule has 0 saturated carbocycles. The van der Waals surface area contributed by atoms with Crippen molar-refractivity contribution in [1.29, 1.82) is 0 Å². The first kappa shape index (κ1) is 15.9. The van der Waals surface area contributed by atoms with E-state index >= 15 is 0 Å². The van der Waals surface area contributed by atoms with E-state index in [2.05, 4.69) is 20.3 Å². The molecule has 0 aromatic rings. The van der Waals surface area contributed by atoms with Crippen LogP contribution in [0.25, 0.3) is 0 Å². The molecule has 6 nitrogen and oxygen atoms in total. The summed E-state index contributed by atoms with van der Waals surface area (Å²) in [4.78, 5) is 24.7. The number of likely N-dealkylation sites (N-methyl/N-ethyl adjacent to an activating group) is 1. The number of carbonyl (C=O) groups is 2. The van der Waals surface area contributed by atoms with Crippen LogP contribution in [0, 0.1) is 0 Å². The second-order valence-corrected chi connectivity index (χ2v) is 4.94. The Labute approximate surface area is 114 Å². The molecule has 1 aliphatic rings. The van der Waals surface area contributed by atoms with Crippen LogP contribution in [-0.4, -0.2) is 63.2 Å². The van der Waals surface area contributed by atoms with Crippen molar-refractivity contribution in [1.82, 2.24) is 15.5 Å². The predicted molar refractivity (Wildman–Crippen MR) is 72.8 cm³/mol. The molecule has 0 aliphatic carbocycles. The molecule has 2 N–H and O–H groups in total. The third-order valence-corrected chi connectivity index (χ3v) is 3.39. The van der Waals surface area contributed by atoms with Gasteiger partial charge in [0.1, 0.15) is 0 Å². The number of nitrogens with one attached hydrogen (secondary N) is 2. The van der Waals surface area contributed by atoms with E-state index in [1.165, 1.54) is 7.11 Å². The van der Waals surface area contributed by atoms with Crippen LogP contribution < -0.4 is 10.6 Å². The van der Waals surface area contributed by atoms with Crippen molar-refractivity contribution in [2.45, 2.75) is 31.7 Å². The standard InChI is InChI=1S/C13H25N3O3/c1-16(11-5-3-7-14-9-11)10-12(17)15-8-4-6-13(18)19-2/h11,14H,3-10H2,1-2H3,(H,15,17). The van der Waals surface area contributed by atoms with E-state index in [4.69, 9.17) is 0 Å². The third-order valence-electron chi connectivity index (χ3n) is 3.39. The Morgan fingerprint density at radius 1 is 1.47 bits per heavy atom. The van der Waals surface area contributed by atoms with Crippen LogP contribution in [0.2, 0.25) is 0 Å². The fourth-order valence-electron chi connectivity index (χ4n) is 2.18. The molecular formula is C13H25N3O3. The summed E-state index contributed by atoms with van der Waals surface area (Å²) in [5.74, 6) is -0.224. The Balaban J connectivity index is 2.10. The molecule has 0 radical (unpaired) electrons. The minimum Gasteiger partial charge on any atom is -0.469 e. The molecule has 19 heavy (non-hydrogen) atoms. The topological polar surface area (TPSA) is 70.7 Å². The van der Waals surface area contributed by atoms with Crippen molar-refractivity contribution in [3.63, 3.8) is 0 Å². The first-order valence-electron chi connectivity index (χ1n) is 6.88. The predicted octanol–water partition coefficient (Wildman–Crippen LogP) is -0.260. The average molecular weight is 271 g/mol. The van der Waals surface area contributed by atoms with Crippen LogP contribution in [0.1, 0.15) is 25.7 Å². The molecule has 1 aliphatic heterocycles. The molecule has 1 unspecified atom stereocenters. The van der Waals surface area contributed by atoms with Gasteiger partial charge < -0.3 is 15.4 Å².